The summed E-state index contributed by atoms with van der Waals surface area (Å²) in [5.41, 5.74) is 0. The predicted molar refractivity (Wildman–Crippen MR) is 32.2 cm³/mol. The summed E-state index contributed by atoms with van der Waals surface area (Å²) in [6.07, 6.45) is -0.524. The minimum absolute atomic E-state index is 0.516. The first-order valence-electron chi connectivity index (χ1n) is 3.49. The summed E-state index contributed by atoms with van der Waals surface area (Å²) in [5.74, 6) is -0.931. The highest BCUT2D eigenvalue weighted by molar-refractivity contribution is 4.88. The van der Waals surface area contributed by atoms with E-state index in [0.717, 1.165) is 0 Å². The van der Waals surface area contributed by atoms with Crippen LogP contribution in [0.4, 0.5) is 4.39 Å². The van der Waals surface area contributed by atoms with E-state index in [9.17, 15) is 4.39 Å². The molecule has 1 atom stereocenters. The summed E-state index contributed by atoms with van der Waals surface area (Å²) in [6.45, 7) is 1.67. The van der Waals surface area contributed by atoms with E-state index in [1.54, 1.807) is 0 Å². The molecule has 2 heterocycles. The zero-order valence-electron chi connectivity index (χ0n) is 5.60. The molecule has 0 aromatic carbocycles. The molecule has 2 aliphatic rings. The molecule has 4 heteroatoms. The van der Waals surface area contributed by atoms with Gasteiger partial charge in [0, 0.05) is 13.0 Å². The Kier molecular flexibility index (Phi) is 1.40. The molecule has 0 aromatic rings. The van der Waals surface area contributed by atoms with Gasteiger partial charge >= 0.3 is 0 Å². The van der Waals surface area contributed by atoms with Crippen molar-refractivity contribution in [3.8, 4) is 0 Å². The lowest BCUT2D eigenvalue weighted by Gasteiger charge is -2.22. The molecule has 0 aliphatic carbocycles. The molecule has 1 spiro atoms. The van der Waals surface area contributed by atoms with E-state index in [1.165, 1.54) is 0 Å². The highest BCUT2D eigenvalue weighted by Crippen LogP contribution is 2.31. The van der Waals surface area contributed by atoms with Gasteiger partial charge in [-0.15, -0.1) is 0 Å². The molecule has 0 aromatic heterocycles. The molecule has 2 saturated heterocycles. The molecule has 0 saturated carbocycles. The average Bonchev–Trinajstić information content (AvgIpc) is 2.48. The molecule has 3 nitrogen and oxygen atoms in total. The van der Waals surface area contributed by atoms with Gasteiger partial charge in [0.15, 0.2) is 0 Å². The van der Waals surface area contributed by atoms with Crippen LogP contribution < -0.4 is 5.32 Å². The molecule has 0 radical (unpaired) electrons. The van der Waals surface area contributed by atoms with Gasteiger partial charge in [0.25, 0.3) is 0 Å². The Labute approximate surface area is 58.5 Å². The van der Waals surface area contributed by atoms with E-state index in [-0.39, 0.29) is 0 Å². The molecule has 1 N–H and O–H groups in total. The third kappa shape index (κ3) is 0.761. The van der Waals surface area contributed by atoms with Crippen LogP contribution in [0.1, 0.15) is 6.42 Å². The van der Waals surface area contributed by atoms with Crippen LogP contribution in [-0.2, 0) is 9.47 Å². The van der Waals surface area contributed by atoms with Crippen molar-refractivity contribution in [2.75, 3.05) is 19.8 Å². The molecule has 58 valence electrons. The van der Waals surface area contributed by atoms with Gasteiger partial charge in [0.05, 0.1) is 13.2 Å². The molecule has 0 amide bonds. The first-order valence-corrected chi connectivity index (χ1v) is 3.49. The number of ether oxygens (including phenoxy) is 2. The Morgan fingerprint density at radius 3 is 2.60 bits per heavy atom. The van der Waals surface area contributed by atoms with Crippen molar-refractivity contribution in [1.29, 1.82) is 0 Å². The van der Waals surface area contributed by atoms with Gasteiger partial charge in [-0.3, -0.25) is 5.32 Å². The number of hydrogen-bond acceptors (Lipinski definition) is 3. The zero-order chi connectivity index (χ0) is 7.03. The predicted octanol–water partition coefficient (Wildman–Crippen LogP) is 0.0184. The van der Waals surface area contributed by atoms with Gasteiger partial charge in [-0.1, -0.05) is 0 Å². The number of hydrogen-bond donors (Lipinski definition) is 1. The number of nitrogens with one attached hydrogen (secondary N) is 1. The lowest BCUT2D eigenvalue weighted by atomic mass is 10.2. The van der Waals surface area contributed by atoms with Crippen molar-refractivity contribution in [3.63, 3.8) is 0 Å². The van der Waals surface area contributed by atoms with E-state index < -0.39 is 12.1 Å². The Morgan fingerprint density at radius 2 is 2.10 bits per heavy atom. The van der Waals surface area contributed by atoms with Gasteiger partial charge in [-0.25, -0.2) is 4.39 Å². The Morgan fingerprint density at radius 1 is 1.40 bits per heavy atom. The maximum Gasteiger partial charge on any atom is 0.215 e. The van der Waals surface area contributed by atoms with Crippen LogP contribution in [0.2, 0.25) is 0 Å². The lowest BCUT2D eigenvalue weighted by molar-refractivity contribution is -0.188. The fourth-order valence-corrected chi connectivity index (χ4v) is 1.42. The summed E-state index contributed by atoms with van der Waals surface area (Å²) >= 11 is 0. The van der Waals surface area contributed by atoms with Gasteiger partial charge in [-0.05, 0) is 0 Å². The Hall–Kier alpha value is -0.190. The second-order valence-corrected chi connectivity index (χ2v) is 2.58. The first kappa shape index (κ1) is 6.52. The van der Waals surface area contributed by atoms with Gasteiger partial charge in [0.1, 0.15) is 0 Å². The molecule has 10 heavy (non-hydrogen) atoms. The molecule has 0 bridgehead atoms. The van der Waals surface area contributed by atoms with Crippen LogP contribution in [0.25, 0.3) is 0 Å². The third-order valence-electron chi connectivity index (χ3n) is 1.96. The van der Waals surface area contributed by atoms with Crippen molar-refractivity contribution in [3.05, 3.63) is 0 Å². The summed E-state index contributed by atoms with van der Waals surface area (Å²) in [6, 6.07) is 0. The first-order chi connectivity index (χ1) is 4.83. The van der Waals surface area contributed by atoms with E-state index in [0.29, 0.717) is 26.2 Å². The number of halogens is 1. The molecule has 2 rings (SSSR count). The molecule has 2 fully saturated rings. The normalized spacial score (nSPS) is 37.5. The SMILES string of the molecule is FC1NCCC12OCCO2. The van der Waals surface area contributed by atoms with Crippen LogP contribution in [0.15, 0.2) is 0 Å². The van der Waals surface area contributed by atoms with Crippen LogP contribution in [0, 0.1) is 0 Å². The second-order valence-electron chi connectivity index (χ2n) is 2.58. The second kappa shape index (κ2) is 2.15. The van der Waals surface area contributed by atoms with Crippen LogP contribution in [-0.4, -0.2) is 31.8 Å². The summed E-state index contributed by atoms with van der Waals surface area (Å²) in [7, 11) is 0. The van der Waals surface area contributed by atoms with Gasteiger partial charge in [-0.2, -0.15) is 0 Å². The minimum Gasteiger partial charge on any atom is -0.344 e. The minimum atomic E-state index is -1.14. The molecular formula is C6H10FNO2. The van der Waals surface area contributed by atoms with Crippen molar-refractivity contribution in [2.24, 2.45) is 0 Å². The molecule has 2 aliphatic heterocycles. The van der Waals surface area contributed by atoms with Crippen molar-refractivity contribution < 1.29 is 13.9 Å². The summed E-state index contributed by atoms with van der Waals surface area (Å²) in [4.78, 5) is 0. The third-order valence-corrected chi connectivity index (χ3v) is 1.96. The smallest absolute Gasteiger partial charge is 0.215 e. The van der Waals surface area contributed by atoms with Crippen molar-refractivity contribution in [2.45, 2.75) is 18.5 Å². The topological polar surface area (TPSA) is 30.5 Å². The quantitative estimate of drug-likeness (QED) is 0.490. The fourth-order valence-electron chi connectivity index (χ4n) is 1.42. The monoisotopic (exact) mass is 147 g/mol. The Balaban J connectivity index is 2.11. The van der Waals surface area contributed by atoms with Gasteiger partial charge in [0.2, 0.25) is 12.1 Å². The van der Waals surface area contributed by atoms with Crippen LogP contribution >= 0.6 is 0 Å². The Bertz CT molecular complexity index is 130. The zero-order valence-corrected chi connectivity index (χ0v) is 5.60. The highest BCUT2D eigenvalue weighted by Gasteiger charge is 2.48. The number of rotatable bonds is 0. The standard InChI is InChI=1S/C6H10FNO2/c7-5-6(1-2-8-5)9-3-4-10-6/h5,8H,1-4H2. The van der Waals surface area contributed by atoms with Gasteiger partial charge < -0.3 is 9.47 Å². The van der Waals surface area contributed by atoms with Crippen molar-refractivity contribution in [1.82, 2.24) is 5.32 Å². The molecule has 1 unspecified atom stereocenters. The maximum absolute atomic E-state index is 12.9. The van der Waals surface area contributed by atoms with E-state index in [4.69, 9.17) is 9.47 Å². The van der Waals surface area contributed by atoms with Crippen molar-refractivity contribution >= 4 is 0 Å². The van der Waals surface area contributed by atoms with E-state index >= 15 is 0 Å². The largest absolute Gasteiger partial charge is 0.344 e. The summed E-state index contributed by atoms with van der Waals surface area (Å²) in [5, 5.41) is 2.64. The fraction of sp³-hybridized carbons (Fsp3) is 1.00. The average molecular weight is 147 g/mol. The lowest BCUT2D eigenvalue weighted by Crippen LogP contribution is -2.40. The van der Waals surface area contributed by atoms with Crippen LogP contribution in [0.5, 0.6) is 0 Å². The molecular weight excluding hydrogens is 137 g/mol. The van der Waals surface area contributed by atoms with E-state index in [2.05, 4.69) is 5.32 Å². The number of alkyl halides is 1. The highest BCUT2D eigenvalue weighted by atomic mass is 19.1. The maximum atomic E-state index is 12.9. The van der Waals surface area contributed by atoms with E-state index in [1.807, 2.05) is 0 Å². The summed E-state index contributed by atoms with van der Waals surface area (Å²) < 4.78 is 23.2. The van der Waals surface area contributed by atoms with Crippen LogP contribution in [0.3, 0.4) is 0 Å².